The fourth-order valence-electron chi connectivity index (χ4n) is 2.39. The molecule has 2 heterocycles. The van der Waals surface area contributed by atoms with Gasteiger partial charge >= 0.3 is 0 Å². The van der Waals surface area contributed by atoms with E-state index in [1.165, 1.54) is 33.8 Å². The number of hydrogen-bond donors (Lipinski definition) is 2. The summed E-state index contributed by atoms with van der Waals surface area (Å²) in [5.74, 6) is 1.57. The molecule has 0 atom stereocenters. The molecule has 9 nitrogen and oxygen atoms in total. The predicted octanol–water partition coefficient (Wildman–Crippen LogP) is 2.46. The molecule has 9 heteroatoms. The highest BCUT2D eigenvalue weighted by molar-refractivity contribution is 5.94. The molecule has 0 saturated heterocycles. The third-order valence-electron chi connectivity index (χ3n) is 3.66. The molecule has 0 aliphatic heterocycles. The Kier molecular flexibility index (Phi) is 5.41. The average molecular weight is 370 g/mol. The SMILES string of the molecule is COc1cc(/C=N/NC(=O)c2cc(-c3ccco3)n[nH]2)cc(OC)c1OC. The number of hydrazone groups is 1. The first-order chi connectivity index (χ1) is 13.2. The molecule has 0 aliphatic carbocycles. The van der Waals surface area contributed by atoms with Crippen molar-refractivity contribution in [1.29, 1.82) is 0 Å². The maximum absolute atomic E-state index is 12.2. The van der Waals surface area contributed by atoms with Crippen LogP contribution in [0.25, 0.3) is 11.5 Å². The van der Waals surface area contributed by atoms with E-state index in [1.54, 1.807) is 30.3 Å². The Hall–Kier alpha value is -3.75. The van der Waals surface area contributed by atoms with Crippen LogP contribution in [-0.4, -0.2) is 43.6 Å². The first-order valence-electron chi connectivity index (χ1n) is 7.89. The second-order valence-electron chi connectivity index (χ2n) is 5.30. The summed E-state index contributed by atoms with van der Waals surface area (Å²) in [4.78, 5) is 12.2. The van der Waals surface area contributed by atoms with Crippen LogP contribution in [0.4, 0.5) is 0 Å². The summed E-state index contributed by atoms with van der Waals surface area (Å²) in [6.07, 6.45) is 3.00. The fourth-order valence-corrected chi connectivity index (χ4v) is 2.39. The zero-order chi connectivity index (χ0) is 19.2. The smallest absolute Gasteiger partial charge is 0.289 e. The molecule has 0 saturated carbocycles. The number of methoxy groups -OCH3 is 3. The first-order valence-corrected chi connectivity index (χ1v) is 7.89. The van der Waals surface area contributed by atoms with E-state index in [-0.39, 0.29) is 5.69 Å². The number of aromatic amines is 1. The van der Waals surface area contributed by atoms with Crippen LogP contribution in [0.5, 0.6) is 17.2 Å². The van der Waals surface area contributed by atoms with Crippen LogP contribution in [0.3, 0.4) is 0 Å². The van der Waals surface area contributed by atoms with Gasteiger partial charge in [0.05, 0.1) is 33.8 Å². The normalized spacial score (nSPS) is 10.8. The van der Waals surface area contributed by atoms with Gasteiger partial charge < -0.3 is 18.6 Å². The highest BCUT2D eigenvalue weighted by atomic mass is 16.5. The van der Waals surface area contributed by atoms with Crippen molar-refractivity contribution < 1.29 is 23.4 Å². The largest absolute Gasteiger partial charge is 0.493 e. The summed E-state index contributed by atoms with van der Waals surface area (Å²) in [5.41, 5.74) is 3.86. The third-order valence-corrected chi connectivity index (χ3v) is 3.66. The van der Waals surface area contributed by atoms with E-state index in [2.05, 4.69) is 20.7 Å². The number of ether oxygens (including phenoxy) is 3. The van der Waals surface area contributed by atoms with Crippen LogP contribution in [0.2, 0.25) is 0 Å². The van der Waals surface area contributed by atoms with Crippen LogP contribution in [0, 0.1) is 0 Å². The van der Waals surface area contributed by atoms with Gasteiger partial charge in [0.2, 0.25) is 5.75 Å². The Labute approximate surface area is 154 Å². The van der Waals surface area contributed by atoms with Gasteiger partial charge in [-0.25, -0.2) is 5.43 Å². The Bertz CT molecular complexity index is 922. The average Bonchev–Trinajstić information content (AvgIpc) is 3.38. The second kappa shape index (κ2) is 8.09. The number of hydrogen-bond acceptors (Lipinski definition) is 7. The predicted molar refractivity (Wildman–Crippen MR) is 97.4 cm³/mol. The molecular formula is C18H18N4O5. The van der Waals surface area contributed by atoms with Crippen molar-refractivity contribution in [3.8, 4) is 28.7 Å². The van der Waals surface area contributed by atoms with Crippen molar-refractivity contribution in [1.82, 2.24) is 15.6 Å². The summed E-state index contributed by atoms with van der Waals surface area (Å²) >= 11 is 0. The summed E-state index contributed by atoms with van der Waals surface area (Å²) in [7, 11) is 4.57. The van der Waals surface area contributed by atoms with Crippen LogP contribution < -0.4 is 19.6 Å². The molecule has 2 aromatic heterocycles. The van der Waals surface area contributed by atoms with Crippen molar-refractivity contribution in [2.45, 2.75) is 0 Å². The number of furan rings is 1. The minimum Gasteiger partial charge on any atom is -0.493 e. The van der Waals surface area contributed by atoms with Crippen LogP contribution in [0.15, 0.2) is 46.1 Å². The second-order valence-corrected chi connectivity index (χ2v) is 5.30. The van der Waals surface area contributed by atoms with Gasteiger partial charge in [-0.05, 0) is 24.3 Å². The lowest BCUT2D eigenvalue weighted by atomic mass is 10.2. The number of nitrogens with zero attached hydrogens (tertiary/aromatic N) is 2. The van der Waals surface area contributed by atoms with Crippen molar-refractivity contribution >= 4 is 12.1 Å². The number of H-pyrrole nitrogens is 1. The Morgan fingerprint density at radius 3 is 2.52 bits per heavy atom. The van der Waals surface area contributed by atoms with Crippen molar-refractivity contribution in [2.24, 2.45) is 5.10 Å². The molecule has 0 unspecified atom stereocenters. The zero-order valence-corrected chi connectivity index (χ0v) is 15.0. The van der Waals surface area contributed by atoms with Gasteiger partial charge in [0, 0.05) is 11.6 Å². The molecule has 0 bridgehead atoms. The lowest BCUT2D eigenvalue weighted by Gasteiger charge is -2.12. The number of carbonyl (C=O) groups excluding carboxylic acids is 1. The lowest BCUT2D eigenvalue weighted by molar-refractivity contribution is 0.0950. The zero-order valence-electron chi connectivity index (χ0n) is 15.0. The van der Waals surface area contributed by atoms with E-state index in [4.69, 9.17) is 18.6 Å². The van der Waals surface area contributed by atoms with Crippen LogP contribution >= 0.6 is 0 Å². The molecular weight excluding hydrogens is 352 g/mol. The third kappa shape index (κ3) is 3.92. The summed E-state index contributed by atoms with van der Waals surface area (Å²) in [5, 5.41) is 10.6. The molecule has 1 aromatic carbocycles. The number of aromatic nitrogens is 2. The molecule has 0 aliphatic rings. The quantitative estimate of drug-likeness (QED) is 0.488. The molecule has 27 heavy (non-hydrogen) atoms. The molecule has 0 radical (unpaired) electrons. The lowest BCUT2D eigenvalue weighted by Crippen LogP contribution is -2.18. The van der Waals surface area contributed by atoms with Gasteiger partial charge in [-0.2, -0.15) is 10.2 Å². The molecule has 0 spiro atoms. The van der Waals surface area contributed by atoms with Crippen molar-refractivity contribution in [3.05, 3.63) is 47.9 Å². The summed E-state index contributed by atoms with van der Waals surface area (Å²) in [6, 6.07) is 8.49. The molecule has 0 fully saturated rings. The first kappa shape index (κ1) is 18.1. The number of amides is 1. The van der Waals surface area contributed by atoms with E-state index in [1.807, 2.05) is 0 Å². The van der Waals surface area contributed by atoms with E-state index in [9.17, 15) is 4.79 Å². The minimum atomic E-state index is -0.441. The monoisotopic (exact) mass is 370 g/mol. The van der Waals surface area contributed by atoms with E-state index in [0.29, 0.717) is 34.3 Å². The highest BCUT2D eigenvalue weighted by Gasteiger charge is 2.13. The highest BCUT2D eigenvalue weighted by Crippen LogP contribution is 2.37. The molecule has 1 amide bonds. The van der Waals surface area contributed by atoms with E-state index >= 15 is 0 Å². The summed E-state index contributed by atoms with van der Waals surface area (Å²) < 4.78 is 21.1. The van der Waals surface area contributed by atoms with Gasteiger partial charge in [-0.1, -0.05) is 0 Å². The maximum atomic E-state index is 12.2. The molecule has 3 aromatic rings. The van der Waals surface area contributed by atoms with E-state index < -0.39 is 5.91 Å². The van der Waals surface area contributed by atoms with Gasteiger partial charge in [-0.3, -0.25) is 9.89 Å². The van der Waals surface area contributed by atoms with Crippen LogP contribution in [-0.2, 0) is 0 Å². The molecule has 3 rings (SSSR count). The molecule has 2 N–H and O–H groups in total. The van der Waals surface area contributed by atoms with Gasteiger partial charge in [-0.15, -0.1) is 0 Å². The number of nitrogens with one attached hydrogen (secondary N) is 2. The Morgan fingerprint density at radius 2 is 1.93 bits per heavy atom. The minimum absolute atomic E-state index is 0.253. The number of carbonyl (C=O) groups is 1. The van der Waals surface area contributed by atoms with Gasteiger partial charge in [0.1, 0.15) is 11.4 Å². The standard InChI is InChI=1S/C18H18N4O5/c1-24-15-7-11(8-16(25-2)17(15)26-3)10-19-22-18(23)13-9-12(20-21-13)14-5-4-6-27-14/h4-10H,1-3H3,(H,20,21)(H,22,23)/b19-10+. The fraction of sp³-hybridized carbons (Fsp3) is 0.167. The topological polar surface area (TPSA) is 111 Å². The number of benzene rings is 1. The maximum Gasteiger partial charge on any atom is 0.289 e. The van der Waals surface area contributed by atoms with Crippen molar-refractivity contribution in [2.75, 3.05) is 21.3 Å². The molecule has 140 valence electrons. The Morgan fingerprint density at radius 1 is 1.19 bits per heavy atom. The summed E-state index contributed by atoms with van der Waals surface area (Å²) in [6.45, 7) is 0. The van der Waals surface area contributed by atoms with Crippen LogP contribution in [0.1, 0.15) is 16.1 Å². The number of rotatable bonds is 7. The van der Waals surface area contributed by atoms with E-state index in [0.717, 1.165) is 0 Å². The van der Waals surface area contributed by atoms with Gasteiger partial charge in [0.15, 0.2) is 17.3 Å². The van der Waals surface area contributed by atoms with Crippen molar-refractivity contribution in [3.63, 3.8) is 0 Å². The Balaban J connectivity index is 1.71. The van der Waals surface area contributed by atoms with Gasteiger partial charge in [0.25, 0.3) is 5.91 Å².